The first-order valence-corrected chi connectivity index (χ1v) is 11.4. The molecule has 2 heterocycles. The number of benzene rings is 1. The van der Waals surface area contributed by atoms with Crippen LogP contribution in [0.4, 0.5) is 0 Å². The number of amides is 2. The lowest BCUT2D eigenvalue weighted by Gasteiger charge is -2.32. The molecule has 2 aliphatic rings. The van der Waals surface area contributed by atoms with Gasteiger partial charge in [-0.25, -0.2) is 0 Å². The smallest absolute Gasteiger partial charge is 0.261 e. The van der Waals surface area contributed by atoms with Gasteiger partial charge in [-0.1, -0.05) is 24.3 Å². The molecule has 2 N–H and O–H groups in total. The van der Waals surface area contributed by atoms with E-state index in [2.05, 4.69) is 39.8 Å². The third kappa shape index (κ3) is 5.06. The molecule has 1 unspecified atom stereocenters. The number of fused-ring (bicyclic) bond motifs is 1. The number of carbonyl (C=O) groups excluding carboxylic acids is 2. The maximum Gasteiger partial charge on any atom is 0.261 e. The molecule has 1 aliphatic carbocycles. The molecule has 0 saturated carbocycles. The fraction of sp³-hybridized carbons (Fsp3) is 0.478. The highest BCUT2D eigenvalue weighted by Crippen LogP contribution is 2.29. The number of aryl methyl sites for hydroxylation is 2. The Morgan fingerprint density at radius 2 is 1.86 bits per heavy atom. The summed E-state index contributed by atoms with van der Waals surface area (Å²) < 4.78 is 0. The number of hydrogen-bond donors (Lipinski definition) is 2. The van der Waals surface area contributed by atoms with E-state index in [4.69, 9.17) is 0 Å². The summed E-state index contributed by atoms with van der Waals surface area (Å²) in [5.41, 5.74) is 2.64. The van der Waals surface area contributed by atoms with E-state index >= 15 is 0 Å². The molecule has 2 aromatic rings. The quantitative estimate of drug-likeness (QED) is 0.792. The van der Waals surface area contributed by atoms with Gasteiger partial charge in [0.25, 0.3) is 5.91 Å². The molecule has 0 radical (unpaired) electrons. The summed E-state index contributed by atoms with van der Waals surface area (Å²) in [6.45, 7) is 4.12. The van der Waals surface area contributed by atoms with Gasteiger partial charge < -0.3 is 10.6 Å². The normalized spacial score (nSPS) is 20.1. The Labute approximate surface area is 176 Å². The second-order valence-corrected chi connectivity index (χ2v) is 9.43. The Morgan fingerprint density at radius 3 is 2.62 bits per heavy atom. The number of rotatable bonds is 5. The first-order valence-electron chi connectivity index (χ1n) is 10.6. The zero-order valence-corrected chi connectivity index (χ0v) is 17.8. The average molecular weight is 412 g/mol. The number of likely N-dealkylation sites (tertiary alicyclic amines) is 1. The Morgan fingerprint density at radius 1 is 1.07 bits per heavy atom. The van der Waals surface area contributed by atoms with Crippen LogP contribution in [0.2, 0.25) is 0 Å². The first-order chi connectivity index (χ1) is 14.1. The lowest BCUT2D eigenvalue weighted by atomic mass is 9.88. The molecule has 29 heavy (non-hydrogen) atoms. The van der Waals surface area contributed by atoms with Crippen LogP contribution in [-0.2, 0) is 11.2 Å². The van der Waals surface area contributed by atoms with Crippen molar-refractivity contribution in [2.75, 3.05) is 19.6 Å². The number of nitrogens with zero attached hydrogens (tertiary/aromatic N) is 1. The molecule has 4 rings (SSSR count). The van der Waals surface area contributed by atoms with Crippen molar-refractivity contribution in [2.45, 2.75) is 51.1 Å². The second-order valence-electron chi connectivity index (χ2n) is 8.15. The Hall–Kier alpha value is -2.18. The minimum Gasteiger partial charge on any atom is -0.349 e. The van der Waals surface area contributed by atoms with E-state index in [-0.39, 0.29) is 23.9 Å². The number of nitrogens with one attached hydrogen (secondary N) is 2. The van der Waals surface area contributed by atoms with E-state index in [9.17, 15) is 9.59 Å². The predicted molar refractivity (Wildman–Crippen MR) is 116 cm³/mol. The summed E-state index contributed by atoms with van der Waals surface area (Å²) in [5.74, 6) is 0.124. The van der Waals surface area contributed by atoms with Gasteiger partial charge in [-0.15, -0.1) is 11.3 Å². The van der Waals surface area contributed by atoms with Gasteiger partial charge in [0.15, 0.2) is 0 Å². The van der Waals surface area contributed by atoms with Crippen LogP contribution in [0.5, 0.6) is 0 Å². The van der Waals surface area contributed by atoms with E-state index < -0.39 is 0 Å². The summed E-state index contributed by atoms with van der Waals surface area (Å²) in [4.78, 5) is 29.1. The van der Waals surface area contributed by atoms with Crippen LogP contribution in [0, 0.1) is 6.92 Å². The van der Waals surface area contributed by atoms with Crippen LogP contribution in [0.3, 0.4) is 0 Å². The average Bonchev–Trinajstić information content (AvgIpc) is 3.16. The second kappa shape index (κ2) is 9.09. The Kier molecular flexibility index (Phi) is 6.31. The minimum atomic E-state index is 0.0234. The zero-order chi connectivity index (χ0) is 20.2. The van der Waals surface area contributed by atoms with Crippen molar-refractivity contribution >= 4 is 23.2 Å². The highest BCUT2D eigenvalue weighted by atomic mass is 32.1. The van der Waals surface area contributed by atoms with Crippen LogP contribution in [-0.4, -0.2) is 42.4 Å². The molecular formula is C23H29N3O2S. The summed E-state index contributed by atoms with van der Waals surface area (Å²) in [6, 6.07) is 12.6. The maximum absolute atomic E-state index is 12.6. The van der Waals surface area contributed by atoms with Gasteiger partial charge in [0.05, 0.1) is 17.5 Å². The molecule has 1 aromatic carbocycles. The number of thiophene rings is 1. The van der Waals surface area contributed by atoms with E-state index in [0.29, 0.717) is 6.54 Å². The number of piperidine rings is 1. The van der Waals surface area contributed by atoms with Gasteiger partial charge in [0.1, 0.15) is 0 Å². The summed E-state index contributed by atoms with van der Waals surface area (Å²) in [5, 5.41) is 6.38. The van der Waals surface area contributed by atoms with E-state index in [1.165, 1.54) is 22.5 Å². The molecule has 6 heteroatoms. The van der Waals surface area contributed by atoms with Crippen molar-refractivity contribution in [1.82, 2.24) is 15.5 Å². The third-order valence-electron chi connectivity index (χ3n) is 5.96. The molecule has 5 nitrogen and oxygen atoms in total. The van der Waals surface area contributed by atoms with Crippen molar-refractivity contribution < 1.29 is 9.59 Å². The molecule has 0 bridgehead atoms. The monoisotopic (exact) mass is 411 g/mol. The number of hydrogen-bond acceptors (Lipinski definition) is 4. The Bertz CT molecular complexity index is 871. The first kappa shape index (κ1) is 20.1. The highest BCUT2D eigenvalue weighted by molar-refractivity contribution is 7.13. The summed E-state index contributed by atoms with van der Waals surface area (Å²) >= 11 is 1.53. The molecular weight excluding hydrogens is 382 g/mol. The minimum absolute atomic E-state index is 0.0234. The van der Waals surface area contributed by atoms with E-state index in [0.717, 1.165) is 54.9 Å². The van der Waals surface area contributed by atoms with Crippen LogP contribution in [0.1, 0.15) is 57.4 Å². The third-order valence-corrected chi connectivity index (χ3v) is 6.96. The maximum atomic E-state index is 12.6. The largest absolute Gasteiger partial charge is 0.349 e. The number of carbonyl (C=O) groups is 2. The van der Waals surface area contributed by atoms with Crippen molar-refractivity contribution in [3.05, 3.63) is 57.3 Å². The molecule has 0 spiro atoms. The van der Waals surface area contributed by atoms with E-state index in [1.54, 1.807) is 0 Å². The molecule has 2 amide bonds. The van der Waals surface area contributed by atoms with Crippen molar-refractivity contribution in [3.63, 3.8) is 0 Å². The topological polar surface area (TPSA) is 61.4 Å². The van der Waals surface area contributed by atoms with E-state index in [1.807, 2.05) is 19.1 Å². The van der Waals surface area contributed by atoms with Crippen molar-refractivity contribution in [3.8, 4) is 0 Å². The van der Waals surface area contributed by atoms with Crippen LogP contribution in [0.25, 0.3) is 0 Å². The zero-order valence-electron chi connectivity index (χ0n) is 16.9. The van der Waals surface area contributed by atoms with Gasteiger partial charge in [0, 0.05) is 24.0 Å². The molecule has 1 aliphatic heterocycles. The summed E-state index contributed by atoms with van der Waals surface area (Å²) in [6.07, 6.45) is 5.01. The van der Waals surface area contributed by atoms with Gasteiger partial charge in [-0.2, -0.15) is 0 Å². The standard InChI is InChI=1S/C23H29N3O2S/c1-16-9-10-21(29-16)23(28)24-18-11-13-26(14-12-18)15-22(27)25-20-8-4-6-17-5-2-3-7-19(17)20/h2-3,5,7,9-10,18,20H,4,6,8,11-15H2,1H3,(H,24,28)(H,25,27). The Balaban J connectivity index is 1.23. The molecule has 1 saturated heterocycles. The fourth-order valence-electron chi connectivity index (χ4n) is 4.40. The van der Waals surface area contributed by atoms with Crippen LogP contribution >= 0.6 is 11.3 Å². The molecule has 1 fully saturated rings. The fourth-order valence-corrected chi connectivity index (χ4v) is 5.17. The highest BCUT2D eigenvalue weighted by Gasteiger charge is 2.25. The van der Waals surface area contributed by atoms with Crippen molar-refractivity contribution in [1.29, 1.82) is 0 Å². The lowest BCUT2D eigenvalue weighted by molar-refractivity contribution is -0.123. The molecule has 154 valence electrons. The lowest BCUT2D eigenvalue weighted by Crippen LogP contribution is -2.47. The molecule has 1 atom stereocenters. The van der Waals surface area contributed by atoms with Gasteiger partial charge in [0.2, 0.25) is 5.91 Å². The predicted octanol–water partition coefficient (Wildman–Crippen LogP) is 3.44. The van der Waals surface area contributed by atoms with Crippen molar-refractivity contribution in [2.24, 2.45) is 0 Å². The SMILES string of the molecule is Cc1ccc(C(=O)NC2CCN(CC(=O)NC3CCCc4ccccc43)CC2)s1. The van der Waals surface area contributed by atoms with Gasteiger partial charge in [-0.3, -0.25) is 14.5 Å². The van der Waals surface area contributed by atoms with Gasteiger partial charge in [-0.05, 0) is 62.3 Å². The molecule has 1 aromatic heterocycles. The summed E-state index contributed by atoms with van der Waals surface area (Å²) in [7, 11) is 0. The van der Waals surface area contributed by atoms with Crippen LogP contribution in [0.15, 0.2) is 36.4 Å². The van der Waals surface area contributed by atoms with Crippen LogP contribution < -0.4 is 10.6 Å². The van der Waals surface area contributed by atoms with Gasteiger partial charge >= 0.3 is 0 Å².